The minimum Gasteiger partial charge on any atom is -0.497 e. The van der Waals surface area contributed by atoms with Crippen molar-refractivity contribution in [1.82, 2.24) is 23.7 Å². The molecule has 1 fully saturated rings. The van der Waals surface area contributed by atoms with Crippen molar-refractivity contribution in [3.63, 3.8) is 0 Å². The van der Waals surface area contributed by atoms with Crippen LogP contribution in [0.3, 0.4) is 0 Å². The highest BCUT2D eigenvalue weighted by molar-refractivity contribution is 7.89. The molecule has 2 aromatic heterocycles. The fraction of sp³-hybridized carbons (Fsp3) is 0.308. The van der Waals surface area contributed by atoms with Gasteiger partial charge in [0, 0.05) is 38.1 Å². The highest BCUT2D eigenvalue weighted by atomic mass is 32.2. The summed E-state index contributed by atoms with van der Waals surface area (Å²) in [6.07, 6.45) is 1.77. The van der Waals surface area contributed by atoms with Crippen LogP contribution in [0.2, 0.25) is 0 Å². The van der Waals surface area contributed by atoms with Crippen molar-refractivity contribution in [1.29, 1.82) is 0 Å². The average molecular weight is 492 g/mol. The number of methoxy groups -OCH3 is 1. The summed E-state index contributed by atoms with van der Waals surface area (Å²) in [7, 11) is -1.86. The Labute approximate surface area is 205 Å². The van der Waals surface area contributed by atoms with Crippen molar-refractivity contribution in [3.8, 4) is 11.4 Å². The number of pyridine rings is 1. The van der Waals surface area contributed by atoms with Crippen molar-refractivity contribution in [2.75, 3.05) is 33.3 Å². The Morgan fingerprint density at radius 2 is 1.69 bits per heavy atom. The molecule has 0 amide bonds. The van der Waals surface area contributed by atoms with Crippen molar-refractivity contribution in [3.05, 3.63) is 77.7 Å². The monoisotopic (exact) mass is 491 g/mol. The molecular formula is C26H29N5O3S. The highest BCUT2D eigenvalue weighted by Gasteiger charge is 2.29. The smallest absolute Gasteiger partial charge is 0.243 e. The molecule has 0 aliphatic carbocycles. The molecule has 0 atom stereocenters. The molecule has 1 aliphatic heterocycles. The van der Waals surface area contributed by atoms with Crippen LogP contribution in [0, 0.1) is 13.8 Å². The van der Waals surface area contributed by atoms with Crippen LogP contribution >= 0.6 is 0 Å². The van der Waals surface area contributed by atoms with Crippen LogP contribution in [0.4, 0.5) is 0 Å². The van der Waals surface area contributed by atoms with Gasteiger partial charge in [-0.2, -0.15) is 4.31 Å². The zero-order valence-corrected chi connectivity index (χ0v) is 21.0. The highest BCUT2D eigenvalue weighted by Crippen LogP contribution is 2.24. The third-order valence-corrected chi connectivity index (χ3v) is 8.52. The minimum absolute atomic E-state index is 0.362. The number of piperazine rings is 1. The van der Waals surface area contributed by atoms with Gasteiger partial charge in [0.15, 0.2) is 5.65 Å². The number of sulfonamides is 1. The predicted molar refractivity (Wildman–Crippen MR) is 135 cm³/mol. The van der Waals surface area contributed by atoms with Gasteiger partial charge in [0.05, 0.1) is 18.6 Å². The molecule has 182 valence electrons. The van der Waals surface area contributed by atoms with Gasteiger partial charge in [-0.15, -0.1) is 0 Å². The first-order chi connectivity index (χ1) is 16.9. The number of nitrogens with zero attached hydrogens (tertiary/aromatic N) is 5. The van der Waals surface area contributed by atoms with Crippen LogP contribution < -0.4 is 4.74 Å². The number of imidazole rings is 1. The molecule has 5 rings (SSSR count). The lowest BCUT2D eigenvalue weighted by atomic mass is 10.1. The molecule has 0 N–H and O–H groups in total. The summed E-state index contributed by atoms with van der Waals surface area (Å²) in [5, 5.41) is 0. The third-order valence-electron chi connectivity index (χ3n) is 6.63. The minimum atomic E-state index is -3.51. The van der Waals surface area contributed by atoms with Gasteiger partial charge >= 0.3 is 0 Å². The molecule has 1 saturated heterocycles. The average Bonchev–Trinajstić information content (AvgIpc) is 3.23. The van der Waals surface area contributed by atoms with Gasteiger partial charge in [-0.1, -0.05) is 6.07 Å². The molecule has 0 saturated carbocycles. The first-order valence-corrected chi connectivity index (χ1v) is 13.1. The van der Waals surface area contributed by atoms with Crippen molar-refractivity contribution >= 4 is 21.2 Å². The molecular weight excluding hydrogens is 462 g/mol. The van der Waals surface area contributed by atoms with Crippen LogP contribution in [0.15, 0.2) is 65.7 Å². The van der Waals surface area contributed by atoms with Crippen LogP contribution in [0.25, 0.3) is 16.9 Å². The fourth-order valence-corrected chi connectivity index (χ4v) is 5.93. The number of benzene rings is 2. The molecule has 0 radical (unpaired) electrons. The Morgan fingerprint density at radius 3 is 2.37 bits per heavy atom. The second kappa shape index (κ2) is 9.41. The second-order valence-corrected chi connectivity index (χ2v) is 10.8. The lowest BCUT2D eigenvalue weighted by molar-refractivity contribution is 0.177. The second-order valence-electron chi connectivity index (χ2n) is 8.83. The first-order valence-electron chi connectivity index (χ1n) is 11.6. The summed E-state index contributed by atoms with van der Waals surface area (Å²) < 4.78 is 35.3. The maximum atomic E-state index is 13.2. The van der Waals surface area contributed by atoms with Gasteiger partial charge in [0.2, 0.25) is 10.0 Å². The van der Waals surface area contributed by atoms with Crippen molar-refractivity contribution < 1.29 is 13.2 Å². The van der Waals surface area contributed by atoms with E-state index in [-0.39, 0.29) is 0 Å². The number of rotatable bonds is 6. The largest absolute Gasteiger partial charge is 0.497 e. The van der Waals surface area contributed by atoms with Gasteiger partial charge in [-0.25, -0.2) is 18.4 Å². The topological polar surface area (TPSA) is 80.6 Å². The van der Waals surface area contributed by atoms with E-state index >= 15 is 0 Å². The van der Waals surface area contributed by atoms with Gasteiger partial charge in [0.25, 0.3) is 0 Å². The third kappa shape index (κ3) is 4.54. The molecule has 0 unspecified atom stereocenters. The molecule has 3 heterocycles. The number of aryl methyl sites for hydroxylation is 2. The van der Waals surface area contributed by atoms with Crippen LogP contribution in [0.5, 0.6) is 5.75 Å². The van der Waals surface area contributed by atoms with E-state index in [0.717, 1.165) is 39.6 Å². The summed E-state index contributed by atoms with van der Waals surface area (Å²) in [5.41, 5.74) is 4.65. The predicted octanol–water partition coefficient (Wildman–Crippen LogP) is 3.55. The van der Waals surface area contributed by atoms with Gasteiger partial charge < -0.3 is 4.74 Å². The molecule has 1 aliphatic rings. The number of fused-ring (bicyclic) bond motifs is 1. The molecule has 8 nitrogen and oxygen atoms in total. The van der Waals surface area contributed by atoms with Gasteiger partial charge in [-0.05, 0) is 73.5 Å². The molecule has 35 heavy (non-hydrogen) atoms. The van der Waals surface area contributed by atoms with Gasteiger partial charge in [0.1, 0.15) is 17.1 Å². The Kier molecular flexibility index (Phi) is 6.31. The van der Waals surface area contributed by atoms with Crippen LogP contribution in [-0.2, 0) is 16.6 Å². The standard InChI is InChI=1S/C26H29N5O3S/c1-19-6-11-23(17-20(19)2)35(32,33)30-15-13-29(14-16-30)18-25-28-24-5-4-12-27-26(24)31(25)21-7-9-22(34-3)10-8-21/h4-12,17H,13-16,18H2,1-3H3. The summed E-state index contributed by atoms with van der Waals surface area (Å²) >= 11 is 0. The Hall–Kier alpha value is -3.27. The van der Waals surface area contributed by atoms with E-state index in [1.54, 1.807) is 29.7 Å². The maximum Gasteiger partial charge on any atom is 0.243 e. The number of aromatic nitrogens is 3. The first kappa shape index (κ1) is 23.5. The number of ether oxygens (including phenoxy) is 1. The van der Waals surface area contributed by atoms with E-state index in [0.29, 0.717) is 37.6 Å². The molecule has 9 heteroatoms. The van der Waals surface area contributed by atoms with E-state index < -0.39 is 10.0 Å². The van der Waals surface area contributed by atoms with E-state index in [4.69, 9.17) is 9.72 Å². The summed E-state index contributed by atoms with van der Waals surface area (Å²) in [6, 6.07) is 17.0. The molecule has 0 spiro atoms. The zero-order chi connectivity index (χ0) is 24.6. The van der Waals surface area contributed by atoms with E-state index in [9.17, 15) is 8.42 Å². The Bertz CT molecular complexity index is 1460. The lowest BCUT2D eigenvalue weighted by Crippen LogP contribution is -2.48. The van der Waals surface area contributed by atoms with Crippen molar-refractivity contribution in [2.24, 2.45) is 0 Å². The van der Waals surface area contributed by atoms with Gasteiger partial charge in [-0.3, -0.25) is 9.47 Å². The maximum absolute atomic E-state index is 13.2. The summed E-state index contributed by atoms with van der Waals surface area (Å²) in [5.74, 6) is 1.66. The SMILES string of the molecule is COc1ccc(-n2c(CN3CCN(S(=O)(=O)c4ccc(C)c(C)c4)CC3)nc3cccnc32)cc1. The number of hydrogen-bond donors (Lipinski definition) is 0. The van der Waals surface area contributed by atoms with Crippen LogP contribution in [0.1, 0.15) is 17.0 Å². The van der Waals surface area contributed by atoms with Crippen molar-refractivity contribution in [2.45, 2.75) is 25.3 Å². The van der Waals surface area contributed by atoms with E-state index in [1.165, 1.54) is 0 Å². The quantitative estimate of drug-likeness (QED) is 0.410. The normalized spacial score (nSPS) is 15.5. The summed E-state index contributed by atoms with van der Waals surface area (Å²) in [4.78, 5) is 12.0. The summed E-state index contributed by atoms with van der Waals surface area (Å²) in [6.45, 7) is 6.66. The Morgan fingerprint density at radius 1 is 0.943 bits per heavy atom. The fourth-order valence-electron chi connectivity index (χ4n) is 4.42. The number of hydrogen-bond acceptors (Lipinski definition) is 6. The lowest BCUT2D eigenvalue weighted by Gasteiger charge is -2.33. The zero-order valence-electron chi connectivity index (χ0n) is 20.2. The molecule has 4 aromatic rings. The van der Waals surface area contributed by atoms with Crippen LogP contribution in [-0.4, -0.2) is 65.4 Å². The van der Waals surface area contributed by atoms with E-state index in [2.05, 4.69) is 14.5 Å². The molecule has 2 aromatic carbocycles. The molecule has 0 bridgehead atoms. The van der Waals surface area contributed by atoms with E-state index in [1.807, 2.05) is 56.3 Å². The Balaban J connectivity index is 1.36.